The molecule has 9 nitrogen and oxygen atoms in total. The number of hydrogen-bond donors (Lipinski definition) is 0. The molecule has 0 aliphatic carbocycles. The number of quaternary nitrogens is 1. The first-order chi connectivity index (χ1) is 49.5. The molecule has 2 atom stereocenters. The highest BCUT2D eigenvalue weighted by molar-refractivity contribution is 7.45. The fraction of sp³-hybridized carbons (Fsp3) is 0.934. The summed E-state index contributed by atoms with van der Waals surface area (Å²) in [6.45, 7) is 4.33. The highest BCUT2D eigenvalue weighted by Crippen LogP contribution is 2.38. The topological polar surface area (TPSA) is 111 Å². The molecule has 0 N–H and O–H groups in total. The van der Waals surface area contributed by atoms with Crippen molar-refractivity contribution in [2.45, 2.75) is 502 Å². The molecule has 600 valence electrons. The molecule has 0 aromatic heterocycles. The maximum Gasteiger partial charge on any atom is 0.306 e. The minimum atomic E-state index is -4.64. The molecule has 0 spiro atoms. The Morgan fingerprint density at radius 2 is 0.535 bits per heavy atom. The Hall–Kier alpha value is -1.51. The predicted octanol–water partition coefficient (Wildman–Crippen LogP) is 30.1. The van der Waals surface area contributed by atoms with Gasteiger partial charge in [0.05, 0.1) is 27.7 Å². The van der Waals surface area contributed by atoms with Gasteiger partial charge in [0, 0.05) is 12.8 Å². The number of ether oxygens (including phenoxy) is 2. The Labute approximate surface area is 631 Å². The number of nitrogens with zero attached hydrogens (tertiary/aromatic N) is 1. The number of rotatable bonds is 87. The van der Waals surface area contributed by atoms with Crippen LogP contribution in [0, 0.1) is 0 Å². The van der Waals surface area contributed by atoms with Gasteiger partial charge in [-0.2, -0.15) is 0 Å². The Bertz CT molecular complexity index is 1750. The van der Waals surface area contributed by atoms with Crippen molar-refractivity contribution in [1.82, 2.24) is 0 Å². The van der Waals surface area contributed by atoms with Crippen molar-refractivity contribution < 1.29 is 42.1 Å². The van der Waals surface area contributed by atoms with Gasteiger partial charge >= 0.3 is 11.9 Å². The van der Waals surface area contributed by atoms with Gasteiger partial charge < -0.3 is 27.9 Å². The Morgan fingerprint density at radius 3 is 0.782 bits per heavy atom. The standard InChI is InChI=1S/C91H178NO8P/c1-6-8-10-12-14-16-18-20-22-24-26-28-30-32-34-36-38-40-42-44-45-46-48-49-51-53-55-57-59-61-63-65-67-69-71-73-75-77-79-81-83-90(93)97-87-89(88-99-101(95,96)98-86-85-92(3,4)5)100-91(94)84-82-80-78-76-74-72-70-68-66-64-62-60-58-56-54-52-50-47-43-41-39-37-35-33-31-29-27-25-23-21-19-17-15-13-11-9-7-2/h19,21,25,27,89H,6-18,20,22-24,26,28-88H2,1-5H3/b21-19-,27-25-. The molecule has 0 bridgehead atoms. The van der Waals surface area contributed by atoms with Gasteiger partial charge in [-0.05, 0) is 44.9 Å². The van der Waals surface area contributed by atoms with Crippen LogP contribution in [0.25, 0.3) is 0 Å². The summed E-state index contributed by atoms with van der Waals surface area (Å²) >= 11 is 0. The maximum absolute atomic E-state index is 12.9. The van der Waals surface area contributed by atoms with Gasteiger partial charge in [-0.15, -0.1) is 0 Å². The van der Waals surface area contributed by atoms with Gasteiger partial charge in [-0.1, -0.05) is 462 Å². The second-order valence-electron chi connectivity index (χ2n) is 32.7. The second kappa shape index (κ2) is 82.5. The molecule has 0 heterocycles. The lowest BCUT2D eigenvalue weighted by Crippen LogP contribution is -2.37. The summed E-state index contributed by atoms with van der Waals surface area (Å²) in [4.78, 5) is 38.3. The van der Waals surface area contributed by atoms with Crippen LogP contribution in [0.4, 0.5) is 0 Å². The lowest BCUT2D eigenvalue weighted by molar-refractivity contribution is -0.870. The first kappa shape index (κ1) is 99.5. The Morgan fingerprint density at radius 1 is 0.307 bits per heavy atom. The van der Waals surface area contributed by atoms with Crippen molar-refractivity contribution in [1.29, 1.82) is 0 Å². The lowest BCUT2D eigenvalue weighted by atomic mass is 10.0. The quantitative estimate of drug-likeness (QED) is 0.0195. The van der Waals surface area contributed by atoms with E-state index in [9.17, 15) is 19.0 Å². The van der Waals surface area contributed by atoms with Gasteiger partial charge in [0.1, 0.15) is 19.8 Å². The van der Waals surface area contributed by atoms with E-state index in [-0.39, 0.29) is 32.0 Å². The zero-order valence-corrected chi connectivity index (χ0v) is 69.8. The highest BCUT2D eigenvalue weighted by atomic mass is 31.2. The number of unbranched alkanes of at least 4 members (excludes halogenated alkanes) is 69. The third-order valence-electron chi connectivity index (χ3n) is 21.2. The normalized spacial score (nSPS) is 13.0. The summed E-state index contributed by atoms with van der Waals surface area (Å²) < 4.78 is 34.5. The molecule has 0 fully saturated rings. The number of hydrogen-bond acceptors (Lipinski definition) is 8. The van der Waals surface area contributed by atoms with Crippen molar-refractivity contribution in [3.8, 4) is 0 Å². The van der Waals surface area contributed by atoms with E-state index >= 15 is 0 Å². The zero-order chi connectivity index (χ0) is 73.3. The van der Waals surface area contributed by atoms with Crippen LogP contribution < -0.4 is 4.89 Å². The molecule has 0 saturated carbocycles. The summed E-state index contributed by atoms with van der Waals surface area (Å²) in [6.07, 6.45) is 108. The molecule has 2 unspecified atom stereocenters. The number of phosphoric ester groups is 1. The van der Waals surface area contributed by atoms with Gasteiger partial charge in [0.2, 0.25) is 0 Å². The number of esters is 2. The first-order valence-electron chi connectivity index (χ1n) is 45.5. The van der Waals surface area contributed by atoms with Gasteiger partial charge in [-0.3, -0.25) is 14.2 Å². The molecular formula is C91H178NO8P. The number of allylic oxidation sites excluding steroid dienone is 4. The zero-order valence-electron chi connectivity index (χ0n) is 68.9. The van der Waals surface area contributed by atoms with Gasteiger partial charge in [-0.25, -0.2) is 0 Å². The largest absolute Gasteiger partial charge is 0.756 e. The Balaban J connectivity index is 3.82. The van der Waals surface area contributed by atoms with Crippen LogP contribution in [0.1, 0.15) is 495 Å². The number of likely N-dealkylation sites (N-methyl/N-ethyl adjacent to an activating group) is 1. The summed E-state index contributed by atoms with van der Waals surface area (Å²) in [7, 11) is 1.20. The average Bonchev–Trinajstić information content (AvgIpc) is 0.958. The summed E-state index contributed by atoms with van der Waals surface area (Å²) in [5, 5.41) is 0. The van der Waals surface area contributed by atoms with E-state index in [0.717, 1.165) is 38.5 Å². The van der Waals surface area contributed by atoms with Gasteiger partial charge in [0.15, 0.2) is 6.10 Å². The fourth-order valence-corrected chi connectivity index (χ4v) is 15.0. The number of carbonyl (C=O) groups excluding carboxylic acids is 2. The van der Waals surface area contributed by atoms with Crippen LogP contribution >= 0.6 is 7.82 Å². The smallest absolute Gasteiger partial charge is 0.306 e. The maximum atomic E-state index is 12.9. The molecule has 0 radical (unpaired) electrons. The van der Waals surface area contributed by atoms with Crippen molar-refractivity contribution in [2.24, 2.45) is 0 Å². The molecule has 0 saturated heterocycles. The predicted molar refractivity (Wildman–Crippen MR) is 439 cm³/mol. The van der Waals surface area contributed by atoms with Crippen LogP contribution in [-0.2, 0) is 32.7 Å². The highest BCUT2D eigenvalue weighted by Gasteiger charge is 2.22. The molecule has 0 aromatic carbocycles. The summed E-state index contributed by atoms with van der Waals surface area (Å²) in [5.74, 6) is -0.801. The van der Waals surface area contributed by atoms with Crippen molar-refractivity contribution in [3.63, 3.8) is 0 Å². The molecule has 0 rings (SSSR count). The van der Waals surface area contributed by atoms with Crippen molar-refractivity contribution >= 4 is 19.8 Å². The van der Waals surface area contributed by atoms with Crippen LogP contribution in [0.5, 0.6) is 0 Å². The van der Waals surface area contributed by atoms with Crippen LogP contribution in [0.15, 0.2) is 24.3 Å². The van der Waals surface area contributed by atoms with E-state index in [0.29, 0.717) is 17.4 Å². The van der Waals surface area contributed by atoms with E-state index in [1.807, 2.05) is 21.1 Å². The van der Waals surface area contributed by atoms with E-state index in [1.165, 1.54) is 424 Å². The third-order valence-corrected chi connectivity index (χ3v) is 22.2. The molecule has 0 aliphatic rings. The summed E-state index contributed by atoms with van der Waals surface area (Å²) in [6, 6.07) is 0. The monoisotopic (exact) mass is 1440 g/mol. The first-order valence-corrected chi connectivity index (χ1v) is 47.0. The number of carbonyl (C=O) groups is 2. The fourth-order valence-electron chi connectivity index (χ4n) is 14.3. The number of phosphoric acid groups is 1. The molecule has 0 aliphatic heterocycles. The van der Waals surface area contributed by atoms with Crippen molar-refractivity contribution in [2.75, 3.05) is 47.5 Å². The van der Waals surface area contributed by atoms with Crippen LogP contribution in [-0.4, -0.2) is 70.0 Å². The average molecular weight is 1450 g/mol. The van der Waals surface area contributed by atoms with E-state index in [2.05, 4.69) is 38.2 Å². The SMILES string of the molecule is CCCCCCC/C=C\C/C=C\CCCCCCCCCCCCCCCCCCCCCCCCCCCC(=O)OC(COC(=O)CCCCCCCCCCCCCCCCCCCCCCCCCCCCCCCCCCCCCCCCCC)COP(=O)([O-])OCC[N+](C)(C)C. The minimum absolute atomic E-state index is 0.0259. The summed E-state index contributed by atoms with van der Waals surface area (Å²) in [5.41, 5.74) is 0. The van der Waals surface area contributed by atoms with E-state index < -0.39 is 26.5 Å². The second-order valence-corrected chi connectivity index (χ2v) is 34.1. The molecule has 0 aromatic rings. The molecule has 0 amide bonds. The Kier molecular flexibility index (Phi) is 81.3. The molecular weight excluding hydrogens is 1270 g/mol. The van der Waals surface area contributed by atoms with Gasteiger partial charge in [0.25, 0.3) is 7.82 Å². The van der Waals surface area contributed by atoms with Crippen molar-refractivity contribution in [3.05, 3.63) is 24.3 Å². The third kappa shape index (κ3) is 87.3. The van der Waals surface area contributed by atoms with E-state index in [1.54, 1.807) is 0 Å². The lowest BCUT2D eigenvalue weighted by Gasteiger charge is -2.28. The van der Waals surface area contributed by atoms with E-state index in [4.69, 9.17) is 18.5 Å². The van der Waals surface area contributed by atoms with Crippen LogP contribution in [0.2, 0.25) is 0 Å². The minimum Gasteiger partial charge on any atom is -0.756 e. The molecule has 10 heteroatoms. The van der Waals surface area contributed by atoms with Crippen LogP contribution in [0.3, 0.4) is 0 Å². The molecule has 101 heavy (non-hydrogen) atoms.